The highest BCUT2D eigenvalue weighted by atomic mass is 16.3. The summed E-state index contributed by atoms with van der Waals surface area (Å²) < 4.78 is 7.65. The third-order valence-corrected chi connectivity index (χ3v) is 4.93. The maximum absolute atomic E-state index is 12.6. The van der Waals surface area contributed by atoms with Crippen LogP contribution >= 0.6 is 0 Å². The minimum atomic E-state index is -0.0662. The van der Waals surface area contributed by atoms with Crippen LogP contribution in [0.25, 0.3) is 11.0 Å². The average molecular weight is 338 g/mol. The van der Waals surface area contributed by atoms with Crippen LogP contribution in [0.1, 0.15) is 28.7 Å². The summed E-state index contributed by atoms with van der Waals surface area (Å²) in [6, 6.07) is 2.15. The summed E-state index contributed by atoms with van der Waals surface area (Å²) in [5.41, 5.74) is 6.00. The molecule has 0 saturated heterocycles. The van der Waals surface area contributed by atoms with Crippen LogP contribution in [0.5, 0.6) is 0 Å². The van der Waals surface area contributed by atoms with E-state index in [2.05, 4.69) is 42.6 Å². The van der Waals surface area contributed by atoms with Crippen LogP contribution in [0, 0.1) is 20.8 Å². The van der Waals surface area contributed by atoms with Crippen molar-refractivity contribution in [1.82, 2.24) is 9.78 Å². The van der Waals surface area contributed by atoms with Gasteiger partial charge in [0, 0.05) is 24.0 Å². The molecule has 2 N–H and O–H groups in total. The molecule has 2 aromatic heterocycles. The van der Waals surface area contributed by atoms with Crippen molar-refractivity contribution in [2.24, 2.45) is 0 Å². The van der Waals surface area contributed by atoms with Gasteiger partial charge >= 0.3 is 0 Å². The van der Waals surface area contributed by atoms with E-state index in [0.717, 1.165) is 58.7 Å². The molecule has 0 saturated carbocycles. The third kappa shape index (κ3) is 2.67. The Labute approximate surface area is 146 Å². The molecule has 3 aromatic rings. The second kappa shape index (κ2) is 5.95. The van der Waals surface area contributed by atoms with E-state index < -0.39 is 0 Å². The lowest BCUT2D eigenvalue weighted by Crippen LogP contribution is -2.20. The smallest absolute Gasteiger partial charge is 0.229 e. The number of aryl methyl sites for hydroxylation is 4. The van der Waals surface area contributed by atoms with Gasteiger partial charge in [-0.1, -0.05) is 6.07 Å². The van der Waals surface area contributed by atoms with Gasteiger partial charge in [0.2, 0.25) is 5.91 Å². The number of furan rings is 1. The molecule has 6 heteroatoms. The highest BCUT2D eigenvalue weighted by Gasteiger charge is 2.18. The molecule has 25 heavy (non-hydrogen) atoms. The molecule has 1 aliphatic rings. The van der Waals surface area contributed by atoms with Gasteiger partial charge in [-0.05, 0) is 43.9 Å². The molecule has 1 aromatic carbocycles. The maximum atomic E-state index is 12.6. The molecule has 0 radical (unpaired) electrons. The summed E-state index contributed by atoms with van der Waals surface area (Å²) in [6.45, 7) is 7.97. The highest BCUT2D eigenvalue weighted by Crippen LogP contribution is 2.31. The van der Waals surface area contributed by atoms with Crippen LogP contribution in [-0.4, -0.2) is 22.2 Å². The Morgan fingerprint density at radius 2 is 2.20 bits per heavy atom. The van der Waals surface area contributed by atoms with Crippen LogP contribution in [0.3, 0.4) is 0 Å². The molecule has 0 bridgehead atoms. The SMILES string of the molecule is Cc1cc(C)c2c(CC(=O)Nc3cnn4c3NCCC4)coc2c1C. The third-order valence-electron chi connectivity index (χ3n) is 4.93. The normalized spacial score (nSPS) is 13.6. The number of aromatic nitrogens is 2. The molecular weight excluding hydrogens is 316 g/mol. The van der Waals surface area contributed by atoms with Gasteiger partial charge in [0.1, 0.15) is 17.1 Å². The standard InChI is InChI=1S/C19H22N4O2/c1-11-7-12(2)17-14(10-25-18(17)13(11)3)8-16(24)22-15-9-21-23-6-4-5-20-19(15)23/h7,9-10,20H,4-6,8H2,1-3H3,(H,22,24). The Balaban J connectivity index is 1.58. The average Bonchev–Trinajstić information content (AvgIpc) is 3.18. The number of anilines is 2. The second-order valence-electron chi connectivity index (χ2n) is 6.74. The van der Waals surface area contributed by atoms with E-state index in [4.69, 9.17) is 4.42 Å². The van der Waals surface area contributed by atoms with E-state index in [-0.39, 0.29) is 12.3 Å². The number of hydrogen-bond acceptors (Lipinski definition) is 4. The van der Waals surface area contributed by atoms with Gasteiger partial charge in [0.15, 0.2) is 0 Å². The Bertz CT molecular complexity index is 968. The molecule has 3 heterocycles. The van der Waals surface area contributed by atoms with Gasteiger partial charge in [0.05, 0.1) is 18.9 Å². The predicted molar refractivity (Wildman–Crippen MR) is 98.1 cm³/mol. The summed E-state index contributed by atoms with van der Waals surface area (Å²) in [7, 11) is 0. The van der Waals surface area contributed by atoms with E-state index in [1.165, 1.54) is 5.56 Å². The summed E-state index contributed by atoms with van der Waals surface area (Å²) in [4.78, 5) is 12.6. The Morgan fingerprint density at radius 3 is 3.04 bits per heavy atom. The number of nitrogens with zero attached hydrogens (tertiary/aromatic N) is 2. The van der Waals surface area contributed by atoms with Crippen molar-refractivity contribution >= 4 is 28.4 Å². The molecule has 6 nitrogen and oxygen atoms in total. The summed E-state index contributed by atoms with van der Waals surface area (Å²) in [5.74, 6) is 0.822. The number of amides is 1. The lowest BCUT2D eigenvalue weighted by Gasteiger charge is -2.17. The zero-order valence-corrected chi connectivity index (χ0v) is 14.8. The topological polar surface area (TPSA) is 72.1 Å². The van der Waals surface area contributed by atoms with E-state index in [9.17, 15) is 4.79 Å². The van der Waals surface area contributed by atoms with Crippen LogP contribution in [0.4, 0.5) is 11.5 Å². The van der Waals surface area contributed by atoms with Crippen molar-refractivity contribution < 1.29 is 9.21 Å². The largest absolute Gasteiger partial charge is 0.464 e. The second-order valence-corrected chi connectivity index (χ2v) is 6.74. The van der Waals surface area contributed by atoms with Crippen molar-refractivity contribution in [1.29, 1.82) is 0 Å². The van der Waals surface area contributed by atoms with Gasteiger partial charge in [-0.3, -0.25) is 4.79 Å². The van der Waals surface area contributed by atoms with E-state index in [1.807, 2.05) is 4.68 Å². The van der Waals surface area contributed by atoms with Gasteiger partial charge < -0.3 is 15.1 Å². The van der Waals surface area contributed by atoms with Crippen LogP contribution in [-0.2, 0) is 17.8 Å². The molecular formula is C19H22N4O2. The Kier molecular flexibility index (Phi) is 3.75. The van der Waals surface area contributed by atoms with Crippen LogP contribution < -0.4 is 10.6 Å². The molecule has 1 amide bonds. The first-order chi connectivity index (χ1) is 12.0. The predicted octanol–water partition coefficient (Wildman–Crippen LogP) is 3.55. The van der Waals surface area contributed by atoms with E-state index in [0.29, 0.717) is 0 Å². The first-order valence-corrected chi connectivity index (χ1v) is 8.61. The fourth-order valence-electron chi connectivity index (χ4n) is 3.55. The molecule has 0 fully saturated rings. The van der Waals surface area contributed by atoms with E-state index >= 15 is 0 Å². The fourth-order valence-corrected chi connectivity index (χ4v) is 3.55. The first kappa shape index (κ1) is 15.7. The number of rotatable bonds is 3. The molecule has 0 unspecified atom stereocenters. The van der Waals surface area contributed by atoms with Gasteiger partial charge in [0.25, 0.3) is 0 Å². The Morgan fingerprint density at radius 1 is 1.36 bits per heavy atom. The number of benzene rings is 1. The number of carbonyl (C=O) groups excluding carboxylic acids is 1. The highest BCUT2D eigenvalue weighted by molar-refractivity contribution is 5.98. The molecule has 0 atom stereocenters. The van der Waals surface area contributed by atoms with Gasteiger partial charge in [-0.25, -0.2) is 4.68 Å². The van der Waals surface area contributed by atoms with Crippen molar-refractivity contribution in [2.45, 2.75) is 40.2 Å². The summed E-state index contributed by atoms with van der Waals surface area (Å²) in [5, 5.41) is 11.6. The number of hydrogen-bond donors (Lipinski definition) is 2. The molecule has 0 spiro atoms. The first-order valence-electron chi connectivity index (χ1n) is 8.61. The van der Waals surface area contributed by atoms with Gasteiger partial charge in [-0.2, -0.15) is 5.10 Å². The summed E-state index contributed by atoms with van der Waals surface area (Å²) >= 11 is 0. The zero-order chi connectivity index (χ0) is 17.6. The van der Waals surface area contributed by atoms with Crippen molar-refractivity contribution in [2.75, 3.05) is 17.2 Å². The monoisotopic (exact) mass is 338 g/mol. The maximum Gasteiger partial charge on any atom is 0.229 e. The van der Waals surface area contributed by atoms with Crippen molar-refractivity contribution in [3.8, 4) is 0 Å². The summed E-state index contributed by atoms with van der Waals surface area (Å²) in [6.07, 6.45) is 4.73. The van der Waals surface area contributed by atoms with Crippen LogP contribution in [0.15, 0.2) is 22.9 Å². The fraction of sp³-hybridized carbons (Fsp3) is 0.368. The molecule has 130 valence electrons. The number of carbonyl (C=O) groups is 1. The molecule has 1 aliphatic heterocycles. The van der Waals surface area contributed by atoms with E-state index in [1.54, 1.807) is 12.5 Å². The number of fused-ring (bicyclic) bond motifs is 2. The van der Waals surface area contributed by atoms with Crippen LogP contribution in [0.2, 0.25) is 0 Å². The minimum Gasteiger partial charge on any atom is -0.464 e. The molecule has 4 rings (SSSR count). The molecule has 0 aliphatic carbocycles. The van der Waals surface area contributed by atoms with Crippen molar-refractivity contribution in [3.05, 3.63) is 40.8 Å². The quantitative estimate of drug-likeness (QED) is 0.766. The Hall–Kier alpha value is -2.76. The van der Waals surface area contributed by atoms with Gasteiger partial charge in [-0.15, -0.1) is 0 Å². The lowest BCUT2D eigenvalue weighted by atomic mass is 9.99. The minimum absolute atomic E-state index is 0.0662. The van der Waals surface area contributed by atoms with Crippen molar-refractivity contribution in [3.63, 3.8) is 0 Å². The number of nitrogens with one attached hydrogen (secondary N) is 2. The lowest BCUT2D eigenvalue weighted by molar-refractivity contribution is -0.115. The zero-order valence-electron chi connectivity index (χ0n) is 14.8.